The van der Waals surface area contributed by atoms with Crippen LogP contribution in [0.2, 0.25) is 0 Å². The average Bonchev–Trinajstić information content (AvgIpc) is 3.51. The Morgan fingerprint density at radius 2 is 1.97 bits per heavy atom. The van der Waals surface area contributed by atoms with Crippen LogP contribution in [0, 0.1) is 0 Å². The predicted octanol–water partition coefficient (Wildman–Crippen LogP) is 5.07. The quantitative estimate of drug-likeness (QED) is 0.249. The molecule has 3 aromatic heterocycles. The van der Waals surface area contributed by atoms with E-state index < -0.39 is 11.6 Å². The van der Waals surface area contributed by atoms with Crippen molar-refractivity contribution in [2.75, 3.05) is 5.73 Å². The minimum atomic E-state index is -0.974. The first-order valence-corrected chi connectivity index (χ1v) is 13.0. The smallest absolute Gasteiger partial charge is 0.405 e. The number of aromatic amines is 1. The minimum Gasteiger partial charge on any atom is -0.465 e. The van der Waals surface area contributed by atoms with Crippen LogP contribution in [0.15, 0.2) is 54.9 Å². The van der Waals surface area contributed by atoms with E-state index in [0.717, 1.165) is 72.0 Å². The van der Waals surface area contributed by atoms with Gasteiger partial charge in [-0.15, -0.1) is 0 Å². The van der Waals surface area contributed by atoms with Crippen molar-refractivity contribution >= 4 is 34.0 Å². The summed E-state index contributed by atoms with van der Waals surface area (Å²) in [7, 11) is 0. The molecular formula is C28H30N8O2. The summed E-state index contributed by atoms with van der Waals surface area (Å²) in [6, 6.07) is 16.4. The third-order valence-electron chi connectivity index (χ3n) is 7.85. The van der Waals surface area contributed by atoms with Crippen molar-refractivity contribution in [3.63, 3.8) is 0 Å². The van der Waals surface area contributed by atoms with Gasteiger partial charge in [-0.3, -0.25) is 0 Å². The number of amides is 1. The van der Waals surface area contributed by atoms with Crippen LogP contribution in [0.5, 0.6) is 0 Å². The number of hydrogen-bond donors (Lipinski definition) is 4. The Morgan fingerprint density at radius 1 is 1.18 bits per heavy atom. The number of nitrogen functional groups attached to an aromatic ring is 1. The molecule has 0 aliphatic heterocycles. The lowest BCUT2D eigenvalue weighted by atomic mass is 9.78. The molecule has 6 rings (SSSR count). The lowest BCUT2D eigenvalue weighted by Gasteiger charge is -2.39. The number of fused-ring (bicyclic) bond motifs is 2. The summed E-state index contributed by atoms with van der Waals surface area (Å²) >= 11 is 0. The van der Waals surface area contributed by atoms with E-state index in [2.05, 4.69) is 32.4 Å². The number of hydrogen-bond acceptors (Lipinski definition) is 6. The average molecular weight is 511 g/mol. The first-order valence-electron chi connectivity index (χ1n) is 13.0. The highest BCUT2D eigenvalue weighted by Crippen LogP contribution is 2.40. The van der Waals surface area contributed by atoms with E-state index in [0.29, 0.717) is 11.5 Å². The van der Waals surface area contributed by atoms with Gasteiger partial charge in [0, 0.05) is 17.5 Å². The fraction of sp³-hybridized carbons (Fsp3) is 0.321. The SMILES string of the molecule is CCC1(NC(=O)O)CCC(n2nc(-c3ccc4[nH]c(Cc5ccccc5)nc4c3)c3c(N)ncnc32)CC1. The fourth-order valence-electron chi connectivity index (χ4n) is 5.72. The number of rotatable bonds is 6. The normalized spacial score (nSPS) is 19.7. The van der Waals surface area contributed by atoms with Gasteiger partial charge in [0.2, 0.25) is 0 Å². The van der Waals surface area contributed by atoms with Gasteiger partial charge in [-0.25, -0.2) is 24.4 Å². The van der Waals surface area contributed by atoms with Gasteiger partial charge in [0.25, 0.3) is 0 Å². The number of nitrogens with one attached hydrogen (secondary N) is 2. The monoisotopic (exact) mass is 510 g/mol. The van der Waals surface area contributed by atoms with Crippen molar-refractivity contribution in [3.8, 4) is 11.3 Å². The minimum absolute atomic E-state index is 0.0856. The number of carboxylic acid groups (broad SMARTS) is 1. The summed E-state index contributed by atoms with van der Waals surface area (Å²) in [5, 5.41) is 17.8. The van der Waals surface area contributed by atoms with Gasteiger partial charge < -0.3 is 21.1 Å². The number of nitrogens with zero attached hydrogens (tertiary/aromatic N) is 5. The zero-order chi connectivity index (χ0) is 26.3. The molecule has 5 N–H and O–H groups in total. The van der Waals surface area contributed by atoms with E-state index in [1.807, 2.05) is 48.0 Å². The second-order valence-electron chi connectivity index (χ2n) is 10.1. The van der Waals surface area contributed by atoms with Gasteiger partial charge in [0.15, 0.2) is 5.65 Å². The number of benzene rings is 2. The van der Waals surface area contributed by atoms with Crippen LogP contribution < -0.4 is 11.1 Å². The van der Waals surface area contributed by atoms with Crippen LogP contribution >= 0.6 is 0 Å². The molecule has 1 saturated carbocycles. The number of imidazole rings is 1. The van der Waals surface area contributed by atoms with Crippen molar-refractivity contribution in [1.29, 1.82) is 0 Å². The van der Waals surface area contributed by atoms with Gasteiger partial charge in [0.05, 0.1) is 22.5 Å². The summed E-state index contributed by atoms with van der Waals surface area (Å²) in [4.78, 5) is 28.4. The van der Waals surface area contributed by atoms with E-state index in [9.17, 15) is 9.90 Å². The van der Waals surface area contributed by atoms with Crippen LogP contribution in [-0.2, 0) is 6.42 Å². The van der Waals surface area contributed by atoms with E-state index in [1.165, 1.54) is 11.9 Å². The first kappa shape index (κ1) is 23.9. The molecule has 10 heteroatoms. The largest absolute Gasteiger partial charge is 0.465 e. The number of H-pyrrole nitrogens is 1. The summed E-state index contributed by atoms with van der Waals surface area (Å²) in [5.41, 5.74) is 11.3. The first-order chi connectivity index (χ1) is 18.4. The molecule has 194 valence electrons. The van der Waals surface area contributed by atoms with Crippen LogP contribution in [0.4, 0.5) is 10.6 Å². The molecule has 1 aliphatic carbocycles. The Labute approximate surface area is 219 Å². The van der Waals surface area contributed by atoms with Crippen molar-refractivity contribution in [1.82, 2.24) is 35.0 Å². The highest BCUT2D eigenvalue weighted by atomic mass is 16.4. The molecule has 10 nitrogen and oxygen atoms in total. The zero-order valence-corrected chi connectivity index (χ0v) is 21.2. The molecule has 0 saturated heterocycles. The molecule has 0 atom stereocenters. The molecule has 0 bridgehead atoms. The second-order valence-corrected chi connectivity index (χ2v) is 10.1. The predicted molar refractivity (Wildman–Crippen MR) is 146 cm³/mol. The molecule has 3 heterocycles. The molecule has 2 aromatic carbocycles. The maximum atomic E-state index is 11.4. The van der Waals surface area contributed by atoms with Gasteiger partial charge in [0.1, 0.15) is 23.7 Å². The number of carbonyl (C=O) groups is 1. The van der Waals surface area contributed by atoms with Gasteiger partial charge >= 0.3 is 6.09 Å². The highest BCUT2D eigenvalue weighted by Gasteiger charge is 2.37. The molecule has 0 spiro atoms. The topological polar surface area (TPSA) is 148 Å². The van der Waals surface area contributed by atoms with Crippen LogP contribution in [0.3, 0.4) is 0 Å². The summed E-state index contributed by atoms with van der Waals surface area (Å²) in [5.74, 6) is 1.28. The maximum absolute atomic E-state index is 11.4. The standard InChI is InChI=1S/C28H30N8O2/c1-2-28(34-27(37)38)12-10-19(11-13-28)36-26-23(25(29)30-16-31-26)24(35-36)18-8-9-20-21(15-18)33-22(32-20)14-17-6-4-3-5-7-17/h3-9,15-16,19,34H,2,10-14H2,1H3,(H,32,33)(H,37,38)(H2,29,30,31). The van der Waals surface area contributed by atoms with Gasteiger partial charge in [-0.2, -0.15) is 5.10 Å². The van der Waals surface area contributed by atoms with E-state index in [4.69, 9.17) is 15.8 Å². The number of nitrogens with two attached hydrogens (primary N) is 1. The zero-order valence-electron chi connectivity index (χ0n) is 21.2. The Kier molecular flexibility index (Phi) is 5.94. The number of anilines is 1. The molecule has 0 unspecified atom stereocenters. The van der Waals surface area contributed by atoms with Crippen molar-refractivity contribution in [2.45, 2.75) is 57.0 Å². The second kappa shape index (κ2) is 9.44. The molecule has 38 heavy (non-hydrogen) atoms. The third kappa shape index (κ3) is 4.31. The van der Waals surface area contributed by atoms with Gasteiger partial charge in [-0.1, -0.05) is 43.3 Å². The highest BCUT2D eigenvalue weighted by molar-refractivity contribution is 5.99. The molecule has 1 fully saturated rings. The summed E-state index contributed by atoms with van der Waals surface area (Å²) < 4.78 is 1.96. The molecule has 0 radical (unpaired) electrons. The Bertz CT molecular complexity index is 1620. The molecule has 1 aliphatic rings. The Balaban J connectivity index is 1.34. The Hall–Kier alpha value is -4.47. The fourth-order valence-corrected chi connectivity index (χ4v) is 5.72. The van der Waals surface area contributed by atoms with Crippen LogP contribution in [0.1, 0.15) is 56.5 Å². The molecule has 1 amide bonds. The summed E-state index contributed by atoms with van der Waals surface area (Å²) in [6.07, 6.45) is 5.02. The van der Waals surface area contributed by atoms with Crippen molar-refractivity contribution in [3.05, 3.63) is 66.2 Å². The van der Waals surface area contributed by atoms with E-state index in [1.54, 1.807) is 0 Å². The third-order valence-corrected chi connectivity index (χ3v) is 7.85. The lowest BCUT2D eigenvalue weighted by molar-refractivity contribution is 0.146. The summed E-state index contributed by atoms with van der Waals surface area (Å²) in [6.45, 7) is 2.03. The van der Waals surface area contributed by atoms with Crippen LogP contribution in [0.25, 0.3) is 33.3 Å². The Morgan fingerprint density at radius 3 is 2.71 bits per heavy atom. The van der Waals surface area contributed by atoms with Gasteiger partial charge in [-0.05, 0) is 49.8 Å². The van der Waals surface area contributed by atoms with Crippen LogP contribution in [-0.4, -0.2) is 46.5 Å². The molecule has 5 aromatic rings. The molecular weight excluding hydrogens is 480 g/mol. The lowest BCUT2D eigenvalue weighted by Crippen LogP contribution is -2.50. The van der Waals surface area contributed by atoms with E-state index in [-0.39, 0.29) is 6.04 Å². The number of aromatic nitrogens is 6. The van der Waals surface area contributed by atoms with Crippen molar-refractivity contribution in [2.24, 2.45) is 0 Å². The van der Waals surface area contributed by atoms with Crippen molar-refractivity contribution < 1.29 is 9.90 Å². The maximum Gasteiger partial charge on any atom is 0.405 e. The van der Waals surface area contributed by atoms with E-state index >= 15 is 0 Å².